The zero-order chi connectivity index (χ0) is 19.4. The number of nitrogens with one attached hydrogen (secondary N) is 3. The fourth-order valence-corrected chi connectivity index (χ4v) is 6.27. The smallest absolute Gasteiger partial charge is 0.321 e. The van der Waals surface area contributed by atoms with Gasteiger partial charge in [0.05, 0.1) is 26.2 Å². The fourth-order valence-electron chi connectivity index (χ4n) is 3.68. The van der Waals surface area contributed by atoms with E-state index in [1.54, 1.807) is 24.4 Å². The highest BCUT2D eigenvalue weighted by Gasteiger charge is 2.35. The van der Waals surface area contributed by atoms with E-state index in [9.17, 15) is 18.0 Å². The molecule has 0 aromatic carbocycles. The van der Waals surface area contributed by atoms with Crippen LogP contribution in [-0.2, 0) is 14.8 Å². The van der Waals surface area contributed by atoms with Crippen LogP contribution in [0.1, 0.15) is 32.6 Å². The van der Waals surface area contributed by atoms with E-state index in [4.69, 9.17) is 0 Å². The first kappa shape index (κ1) is 20.2. The molecule has 3 rings (SSSR count). The van der Waals surface area contributed by atoms with Gasteiger partial charge in [-0.3, -0.25) is 10.1 Å². The Balaban J connectivity index is 1.48. The van der Waals surface area contributed by atoms with E-state index in [2.05, 4.69) is 10.6 Å². The van der Waals surface area contributed by atoms with Crippen LogP contribution in [0.15, 0.2) is 21.7 Å². The van der Waals surface area contributed by atoms with Crippen LogP contribution in [-0.4, -0.2) is 62.9 Å². The Morgan fingerprint density at radius 1 is 1.26 bits per heavy atom. The van der Waals surface area contributed by atoms with Crippen LogP contribution in [0, 0.1) is 0 Å². The molecule has 1 atom stereocenters. The van der Waals surface area contributed by atoms with Crippen LogP contribution in [0.25, 0.3) is 0 Å². The van der Waals surface area contributed by atoms with Crippen molar-refractivity contribution in [1.82, 2.24) is 14.9 Å². The summed E-state index contributed by atoms with van der Waals surface area (Å²) < 4.78 is 26.9. The number of piperazine rings is 1. The van der Waals surface area contributed by atoms with Gasteiger partial charge in [0.15, 0.2) is 6.04 Å². The molecule has 3 amide bonds. The first-order valence-electron chi connectivity index (χ1n) is 9.37. The number of imide groups is 1. The van der Waals surface area contributed by atoms with Crippen molar-refractivity contribution in [2.24, 2.45) is 0 Å². The SMILES string of the molecule is C[C@@H](C(=O)NC(=O)NC1CCCC1)[NH+]1CCN(S(=O)(=O)c2cccs2)CC1. The highest BCUT2D eigenvalue weighted by atomic mass is 32.2. The van der Waals surface area contributed by atoms with Gasteiger partial charge in [0.2, 0.25) is 0 Å². The topological polar surface area (TPSA) is 100 Å². The molecule has 1 aliphatic heterocycles. The Hall–Kier alpha value is -1.49. The molecule has 2 aliphatic rings. The van der Waals surface area contributed by atoms with Gasteiger partial charge in [-0.15, -0.1) is 11.3 Å². The number of quaternary nitrogens is 1. The summed E-state index contributed by atoms with van der Waals surface area (Å²) in [5, 5.41) is 7.02. The van der Waals surface area contributed by atoms with Gasteiger partial charge < -0.3 is 10.2 Å². The van der Waals surface area contributed by atoms with Crippen molar-refractivity contribution in [2.45, 2.75) is 48.9 Å². The van der Waals surface area contributed by atoms with Crippen LogP contribution >= 0.6 is 11.3 Å². The summed E-state index contributed by atoms with van der Waals surface area (Å²) in [5.74, 6) is -0.324. The summed E-state index contributed by atoms with van der Waals surface area (Å²) in [7, 11) is -3.45. The lowest BCUT2D eigenvalue weighted by atomic mass is 10.2. The molecule has 2 fully saturated rings. The molecule has 0 radical (unpaired) electrons. The van der Waals surface area contributed by atoms with Crippen molar-refractivity contribution >= 4 is 33.3 Å². The third-order valence-corrected chi connectivity index (χ3v) is 8.66. The first-order chi connectivity index (χ1) is 12.9. The summed E-state index contributed by atoms with van der Waals surface area (Å²) in [6.45, 7) is 3.56. The van der Waals surface area contributed by atoms with Gasteiger partial charge >= 0.3 is 6.03 Å². The molecule has 1 aromatic heterocycles. The van der Waals surface area contributed by atoms with Crippen molar-refractivity contribution in [2.75, 3.05) is 26.2 Å². The molecule has 3 N–H and O–H groups in total. The predicted molar refractivity (Wildman–Crippen MR) is 102 cm³/mol. The Morgan fingerprint density at radius 3 is 2.52 bits per heavy atom. The summed E-state index contributed by atoms with van der Waals surface area (Å²) >= 11 is 1.21. The highest BCUT2D eigenvalue weighted by Crippen LogP contribution is 2.20. The second-order valence-corrected chi connectivity index (χ2v) is 10.3. The van der Waals surface area contributed by atoms with Crippen molar-refractivity contribution in [3.05, 3.63) is 17.5 Å². The van der Waals surface area contributed by atoms with Gasteiger partial charge in [0.25, 0.3) is 15.9 Å². The minimum absolute atomic E-state index is 0.159. The number of hydrogen-bond acceptors (Lipinski definition) is 5. The highest BCUT2D eigenvalue weighted by molar-refractivity contribution is 7.91. The standard InChI is InChI=1S/C17H26N4O4S2/c1-13(16(22)19-17(23)18-14-5-2-3-6-14)20-8-10-21(11-9-20)27(24,25)15-7-4-12-26-15/h4,7,12-14H,2-3,5-6,8-11H2,1H3,(H2,18,19,22,23)/p+1/t13-/m0/s1. The number of amides is 3. The zero-order valence-electron chi connectivity index (χ0n) is 15.4. The van der Waals surface area contributed by atoms with E-state index < -0.39 is 22.1 Å². The maximum atomic E-state index is 12.6. The molecule has 1 aromatic rings. The molecule has 1 saturated heterocycles. The van der Waals surface area contributed by atoms with Gasteiger partial charge in [0, 0.05) is 6.04 Å². The minimum atomic E-state index is -3.45. The minimum Gasteiger partial charge on any atom is -0.335 e. The van der Waals surface area contributed by atoms with E-state index in [1.165, 1.54) is 15.6 Å². The number of sulfonamides is 1. The Labute approximate surface area is 164 Å². The molecule has 0 spiro atoms. The number of rotatable bonds is 5. The van der Waals surface area contributed by atoms with Gasteiger partial charge in [-0.2, -0.15) is 4.31 Å². The lowest BCUT2D eigenvalue weighted by molar-refractivity contribution is -0.917. The summed E-state index contributed by atoms with van der Waals surface area (Å²) in [6, 6.07) is 2.65. The second-order valence-electron chi connectivity index (χ2n) is 7.16. The summed E-state index contributed by atoms with van der Waals surface area (Å²) in [4.78, 5) is 25.3. The monoisotopic (exact) mass is 415 g/mol. The molecule has 1 aliphatic carbocycles. The van der Waals surface area contributed by atoms with Crippen LogP contribution in [0.2, 0.25) is 0 Å². The van der Waals surface area contributed by atoms with Gasteiger partial charge in [-0.1, -0.05) is 18.9 Å². The average molecular weight is 416 g/mol. The number of hydrogen-bond donors (Lipinski definition) is 3. The lowest BCUT2D eigenvalue weighted by Crippen LogP contribution is -3.19. The van der Waals surface area contributed by atoms with Crippen LogP contribution in [0.5, 0.6) is 0 Å². The number of nitrogens with zero attached hydrogens (tertiary/aromatic N) is 1. The summed E-state index contributed by atoms with van der Waals surface area (Å²) in [6.07, 6.45) is 4.14. The molecule has 0 unspecified atom stereocenters. The van der Waals surface area contributed by atoms with Crippen LogP contribution in [0.3, 0.4) is 0 Å². The van der Waals surface area contributed by atoms with Gasteiger partial charge in [0.1, 0.15) is 4.21 Å². The average Bonchev–Trinajstić information content (AvgIpc) is 3.35. The Morgan fingerprint density at radius 2 is 1.93 bits per heavy atom. The van der Waals surface area contributed by atoms with Crippen molar-refractivity contribution in [3.8, 4) is 0 Å². The third kappa shape index (κ3) is 4.87. The lowest BCUT2D eigenvalue weighted by Gasteiger charge is -2.33. The maximum Gasteiger partial charge on any atom is 0.321 e. The Bertz CT molecular complexity index is 752. The van der Waals surface area contributed by atoms with Crippen LogP contribution in [0.4, 0.5) is 4.79 Å². The Kier molecular flexibility index (Phi) is 6.51. The molecule has 1 saturated carbocycles. The predicted octanol–water partition coefficient (Wildman–Crippen LogP) is -0.206. The van der Waals surface area contributed by atoms with Crippen LogP contribution < -0.4 is 15.5 Å². The van der Waals surface area contributed by atoms with E-state index >= 15 is 0 Å². The fraction of sp³-hybridized carbons (Fsp3) is 0.647. The number of carbonyl (C=O) groups is 2. The van der Waals surface area contributed by atoms with Gasteiger partial charge in [-0.25, -0.2) is 13.2 Å². The number of carbonyl (C=O) groups excluding carboxylic acids is 2. The van der Waals surface area contributed by atoms with Crippen molar-refractivity contribution < 1.29 is 22.9 Å². The number of urea groups is 1. The molecule has 150 valence electrons. The van der Waals surface area contributed by atoms with Gasteiger partial charge in [-0.05, 0) is 31.2 Å². The third-order valence-electron chi connectivity index (χ3n) is 5.39. The molecule has 27 heavy (non-hydrogen) atoms. The van der Waals surface area contributed by atoms with E-state index in [1.807, 2.05) is 0 Å². The normalized spacial score (nSPS) is 21.1. The molecule has 8 nitrogen and oxygen atoms in total. The first-order valence-corrected chi connectivity index (χ1v) is 11.7. The van der Waals surface area contributed by atoms with E-state index in [0.29, 0.717) is 30.4 Å². The van der Waals surface area contributed by atoms with E-state index in [-0.39, 0.29) is 11.9 Å². The quantitative estimate of drug-likeness (QED) is 0.620. The van der Waals surface area contributed by atoms with Crippen molar-refractivity contribution in [1.29, 1.82) is 0 Å². The summed E-state index contributed by atoms with van der Waals surface area (Å²) in [5.41, 5.74) is 0. The molecule has 2 heterocycles. The number of thiophene rings is 1. The van der Waals surface area contributed by atoms with E-state index in [0.717, 1.165) is 30.6 Å². The molecular formula is C17H27N4O4S2+. The second kappa shape index (κ2) is 8.68. The molecule has 0 bridgehead atoms. The maximum absolute atomic E-state index is 12.6. The van der Waals surface area contributed by atoms with Crippen molar-refractivity contribution in [3.63, 3.8) is 0 Å². The molecular weight excluding hydrogens is 388 g/mol. The molecule has 10 heteroatoms. The zero-order valence-corrected chi connectivity index (χ0v) is 17.1. The largest absolute Gasteiger partial charge is 0.335 e.